The van der Waals surface area contributed by atoms with Gasteiger partial charge in [-0.25, -0.2) is 4.79 Å². The van der Waals surface area contributed by atoms with Gasteiger partial charge >= 0.3 is 6.03 Å². The van der Waals surface area contributed by atoms with Crippen LogP contribution in [0.4, 0.5) is 9.80 Å². The number of carbonyl (C=O) groups excluding carboxylic acids is 1. The van der Waals surface area contributed by atoms with Crippen molar-refractivity contribution in [1.29, 1.82) is 0 Å². The van der Waals surface area contributed by atoms with Crippen molar-refractivity contribution in [3.8, 4) is 0 Å². The van der Waals surface area contributed by atoms with Crippen molar-refractivity contribution in [2.24, 2.45) is 0 Å². The van der Waals surface area contributed by atoms with Crippen molar-refractivity contribution in [3.05, 3.63) is 6.20 Å². The first-order valence-corrected chi connectivity index (χ1v) is 6.06. The third-order valence-corrected chi connectivity index (χ3v) is 2.94. The van der Waals surface area contributed by atoms with Crippen LogP contribution in [0.1, 0.15) is 19.3 Å². The van der Waals surface area contributed by atoms with E-state index in [-0.39, 0.29) is 12.1 Å². The Morgan fingerprint density at radius 2 is 2.56 bits per heavy atom. The molecule has 1 saturated heterocycles. The van der Waals surface area contributed by atoms with Gasteiger partial charge in [-0.15, -0.1) is 5.10 Å². The lowest BCUT2D eigenvalue weighted by atomic mass is 10.1. The summed E-state index contributed by atoms with van der Waals surface area (Å²) in [5.74, 6) is 0. The highest BCUT2D eigenvalue weighted by atomic mass is 32.1. The molecule has 0 bridgehead atoms. The molecule has 0 spiro atoms. The first kappa shape index (κ1) is 11.3. The van der Waals surface area contributed by atoms with E-state index < -0.39 is 0 Å². The van der Waals surface area contributed by atoms with E-state index >= 15 is 0 Å². The number of anilines is 1. The first-order chi connectivity index (χ1) is 7.84. The van der Waals surface area contributed by atoms with Crippen molar-refractivity contribution >= 4 is 22.6 Å². The van der Waals surface area contributed by atoms with Gasteiger partial charge in [0.25, 0.3) is 0 Å². The lowest BCUT2D eigenvalue weighted by Crippen LogP contribution is -2.37. The molecule has 1 aromatic rings. The van der Waals surface area contributed by atoms with Gasteiger partial charge in [-0.3, -0.25) is 5.32 Å². The Kier molecular flexibility index (Phi) is 4.06. The maximum Gasteiger partial charge on any atom is 0.320 e. The minimum Gasteiger partial charge on any atom is -0.376 e. The fourth-order valence-electron chi connectivity index (χ4n) is 1.55. The van der Waals surface area contributed by atoms with Gasteiger partial charge in [0, 0.05) is 24.7 Å². The van der Waals surface area contributed by atoms with E-state index in [2.05, 4.69) is 20.2 Å². The molecule has 7 heteroatoms. The van der Waals surface area contributed by atoms with Crippen LogP contribution in [-0.2, 0) is 4.74 Å². The Balaban J connectivity index is 1.67. The van der Waals surface area contributed by atoms with E-state index in [4.69, 9.17) is 4.74 Å². The van der Waals surface area contributed by atoms with Crippen LogP contribution >= 0.6 is 11.5 Å². The number of ether oxygens (including phenoxy) is 1. The second-order valence-electron chi connectivity index (χ2n) is 3.61. The quantitative estimate of drug-likeness (QED) is 0.835. The molecule has 0 aliphatic carbocycles. The number of nitrogens with one attached hydrogen (secondary N) is 2. The largest absolute Gasteiger partial charge is 0.376 e. The number of rotatable bonds is 3. The van der Waals surface area contributed by atoms with Gasteiger partial charge in [0.15, 0.2) is 0 Å². The summed E-state index contributed by atoms with van der Waals surface area (Å²) in [5.41, 5.74) is 0. The van der Waals surface area contributed by atoms with Gasteiger partial charge in [0.05, 0.1) is 12.3 Å². The third-order valence-electron chi connectivity index (χ3n) is 2.36. The van der Waals surface area contributed by atoms with Gasteiger partial charge in [-0.2, -0.15) is 0 Å². The van der Waals surface area contributed by atoms with Gasteiger partial charge in [0.2, 0.25) is 0 Å². The summed E-state index contributed by atoms with van der Waals surface area (Å²) >= 11 is 1.15. The van der Waals surface area contributed by atoms with Crippen molar-refractivity contribution in [2.45, 2.75) is 25.4 Å². The Morgan fingerprint density at radius 1 is 1.62 bits per heavy atom. The van der Waals surface area contributed by atoms with Gasteiger partial charge < -0.3 is 10.1 Å². The monoisotopic (exact) mass is 242 g/mol. The Morgan fingerprint density at radius 3 is 3.25 bits per heavy atom. The molecule has 1 atom stereocenters. The Bertz CT molecular complexity index is 324. The van der Waals surface area contributed by atoms with Crippen LogP contribution < -0.4 is 10.6 Å². The molecule has 1 aromatic heterocycles. The van der Waals surface area contributed by atoms with E-state index in [9.17, 15) is 4.79 Å². The second-order valence-corrected chi connectivity index (χ2v) is 4.39. The molecule has 16 heavy (non-hydrogen) atoms. The SMILES string of the molecule is O=C(NCC1CCCCO1)Nc1cnns1. The fourth-order valence-corrected chi connectivity index (χ4v) is 1.97. The summed E-state index contributed by atoms with van der Waals surface area (Å²) in [7, 11) is 0. The molecule has 1 aliphatic rings. The van der Waals surface area contributed by atoms with Crippen LogP contribution in [0.5, 0.6) is 0 Å². The molecule has 2 heterocycles. The fraction of sp³-hybridized carbons (Fsp3) is 0.667. The highest BCUT2D eigenvalue weighted by Gasteiger charge is 2.14. The molecular formula is C9H14N4O2S. The molecule has 0 radical (unpaired) electrons. The van der Waals surface area contributed by atoms with Gasteiger partial charge in [0.1, 0.15) is 5.00 Å². The van der Waals surface area contributed by atoms with E-state index in [1.165, 1.54) is 12.6 Å². The zero-order valence-electron chi connectivity index (χ0n) is 8.81. The van der Waals surface area contributed by atoms with Crippen molar-refractivity contribution in [2.75, 3.05) is 18.5 Å². The van der Waals surface area contributed by atoms with Gasteiger partial charge in [-0.05, 0) is 19.3 Å². The highest BCUT2D eigenvalue weighted by molar-refractivity contribution is 7.10. The van der Waals surface area contributed by atoms with Crippen LogP contribution in [0, 0.1) is 0 Å². The summed E-state index contributed by atoms with van der Waals surface area (Å²) in [6.45, 7) is 1.35. The van der Waals surface area contributed by atoms with E-state index in [0.29, 0.717) is 11.5 Å². The normalized spacial score (nSPS) is 20.4. The van der Waals surface area contributed by atoms with Crippen molar-refractivity contribution < 1.29 is 9.53 Å². The minimum atomic E-state index is -0.236. The summed E-state index contributed by atoms with van der Waals surface area (Å²) in [5, 5.41) is 9.68. The number of hydrogen-bond acceptors (Lipinski definition) is 5. The lowest BCUT2D eigenvalue weighted by molar-refractivity contribution is 0.0187. The van der Waals surface area contributed by atoms with E-state index in [0.717, 1.165) is 31.0 Å². The lowest BCUT2D eigenvalue weighted by Gasteiger charge is -2.22. The average Bonchev–Trinajstić information content (AvgIpc) is 2.81. The maximum atomic E-state index is 11.4. The Hall–Kier alpha value is -1.21. The molecule has 1 aliphatic heterocycles. The molecule has 1 fully saturated rings. The van der Waals surface area contributed by atoms with Crippen LogP contribution in [-0.4, -0.2) is 34.9 Å². The Labute approximate surface area is 97.5 Å². The number of aromatic nitrogens is 2. The highest BCUT2D eigenvalue weighted by Crippen LogP contribution is 2.12. The number of urea groups is 1. The smallest absolute Gasteiger partial charge is 0.320 e. The molecule has 1 unspecified atom stereocenters. The van der Waals surface area contributed by atoms with Gasteiger partial charge in [-0.1, -0.05) is 4.49 Å². The first-order valence-electron chi connectivity index (χ1n) is 5.28. The molecule has 0 aromatic carbocycles. The zero-order valence-corrected chi connectivity index (χ0v) is 9.63. The van der Waals surface area contributed by atoms with Crippen molar-refractivity contribution in [1.82, 2.24) is 14.9 Å². The molecule has 2 rings (SSSR count). The third kappa shape index (κ3) is 3.42. The number of nitrogens with zero attached hydrogens (tertiary/aromatic N) is 2. The van der Waals surface area contributed by atoms with Crippen LogP contribution in [0.3, 0.4) is 0 Å². The predicted molar refractivity (Wildman–Crippen MR) is 60.5 cm³/mol. The molecular weight excluding hydrogens is 228 g/mol. The molecule has 0 saturated carbocycles. The van der Waals surface area contributed by atoms with E-state index in [1.54, 1.807) is 0 Å². The minimum absolute atomic E-state index is 0.152. The van der Waals surface area contributed by atoms with Crippen LogP contribution in [0.15, 0.2) is 6.20 Å². The molecule has 6 nitrogen and oxygen atoms in total. The summed E-state index contributed by atoms with van der Waals surface area (Å²) in [6, 6.07) is -0.236. The summed E-state index contributed by atoms with van der Waals surface area (Å²) < 4.78 is 9.15. The number of carbonyl (C=O) groups is 1. The van der Waals surface area contributed by atoms with E-state index in [1.807, 2.05) is 0 Å². The number of hydrogen-bond donors (Lipinski definition) is 2. The van der Waals surface area contributed by atoms with Crippen LogP contribution in [0.2, 0.25) is 0 Å². The van der Waals surface area contributed by atoms with Crippen molar-refractivity contribution in [3.63, 3.8) is 0 Å². The molecule has 2 amide bonds. The molecule has 88 valence electrons. The number of amides is 2. The van der Waals surface area contributed by atoms with Crippen LogP contribution in [0.25, 0.3) is 0 Å². The average molecular weight is 242 g/mol. The summed E-state index contributed by atoms with van der Waals surface area (Å²) in [4.78, 5) is 11.4. The zero-order chi connectivity index (χ0) is 11.2. The summed E-state index contributed by atoms with van der Waals surface area (Å²) in [6.07, 6.45) is 4.98. The maximum absolute atomic E-state index is 11.4. The second kappa shape index (κ2) is 5.76. The molecule has 2 N–H and O–H groups in total. The predicted octanol–water partition coefficient (Wildman–Crippen LogP) is 1.23. The standard InChI is InChI=1S/C9H14N4O2S/c14-9(12-8-6-11-13-16-8)10-5-7-3-1-2-4-15-7/h6-7H,1-5H2,(H2,10,12,14). The topological polar surface area (TPSA) is 76.1 Å².